The first-order valence-electron chi connectivity index (χ1n) is 8.78. The molecule has 0 radical (unpaired) electrons. The molecule has 0 aliphatic carbocycles. The van der Waals surface area contributed by atoms with E-state index in [2.05, 4.69) is 18.8 Å². The highest BCUT2D eigenvalue weighted by Crippen LogP contribution is 2.14. The molecule has 4 heteroatoms. The number of unbranched alkanes of at least 4 members (excludes halogenated alkanes) is 4. The Labute approximate surface area is 145 Å². The third-order valence-corrected chi connectivity index (χ3v) is 4.14. The van der Waals surface area contributed by atoms with Gasteiger partial charge in [-0.3, -0.25) is 4.79 Å². The summed E-state index contributed by atoms with van der Waals surface area (Å²) < 4.78 is 0. The molecule has 0 aliphatic heterocycles. The van der Waals surface area contributed by atoms with Gasteiger partial charge in [-0.05, 0) is 12.0 Å². The first-order valence-corrected chi connectivity index (χ1v) is 8.78. The molecular formula is C20H29NO3. The maximum absolute atomic E-state index is 12.4. The summed E-state index contributed by atoms with van der Waals surface area (Å²) in [5, 5.41) is 12.0. The summed E-state index contributed by atoms with van der Waals surface area (Å²) in [6.07, 6.45) is 8.25. The number of hydrogen-bond donors (Lipinski definition) is 2. The zero-order chi connectivity index (χ0) is 17.8. The molecule has 1 aromatic carbocycles. The van der Waals surface area contributed by atoms with Gasteiger partial charge in [0.2, 0.25) is 5.91 Å². The molecule has 0 saturated heterocycles. The van der Waals surface area contributed by atoms with E-state index in [0.29, 0.717) is 0 Å². The van der Waals surface area contributed by atoms with Gasteiger partial charge in [-0.25, -0.2) is 4.79 Å². The van der Waals surface area contributed by atoms with Gasteiger partial charge in [0, 0.05) is 6.42 Å². The zero-order valence-electron chi connectivity index (χ0n) is 14.5. The molecule has 0 spiro atoms. The molecule has 2 atom stereocenters. The summed E-state index contributed by atoms with van der Waals surface area (Å²) in [5.41, 5.74) is 0.889. The van der Waals surface area contributed by atoms with E-state index in [4.69, 9.17) is 0 Å². The Morgan fingerprint density at radius 3 is 2.42 bits per heavy atom. The van der Waals surface area contributed by atoms with E-state index in [9.17, 15) is 14.7 Å². The number of carbonyl (C=O) groups excluding carboxylic acids is 1. The molecule has 1 aromatic rings. The van der Waals surface area contributed by atoms with Crippen LogP contribution in [0.3, 0.4) is 0 Å². The second kappa shape index (κ2) is 11.4. The summed E-state index contributed by atoms with van der Waals surface area (Å²) in [6.45, 7) is 5.89. The summed E-state index contributed by atoms with van der Waals surface area (Å²) in [5.74, 6) is -1.59. The van der Waals surface area contributed by atoms with Gasteiger partial charge in [0.05, 0.1) is 5.92 Å². The van der Waals surface area contributed by atoms with E-state index in [1.165, 1.54) is 19.3 Å². The molecule has 0 fully saturated rings. The Morgan fingerprint density at radius 2 is 1.83 bits per heavy atom. The molecule has 4 nitrogen and oxygen atoms in total. The van der Waals surface area contributed by atoms with Gasteiger partial charge in [0.1, 0.15) is 6.04 Å². The van der Waals surface area contributed by atoms with Gasteiger partial charge in [-0.15, -0.1) is 6.58 Å². The molecule has 24 heavy (non-hydrogen) atoms. The number of carboxylic acid groups (broad SMARTS) is 1. The van der Waals surface area contributed by atoms with E-state index in [1.54, 1.807) is 6.08 Å². The normalized spacial score (nSPS) is 13.0. The first-order chi connectivity index (χ1) is 11.6. The summed E-state index contributed by atoms with van der Waals surface area (Å²) >= 11 is 0. The molecule has 0 heterocycles. The molecule has 0 aliphatic rings. The average molecular weight is 331 g/mol. The maximum Gasteiger partial charge on any atom is 0.326 e. The minimum atomic E-state index is -1.02. The van der Waals surface area contributed by atoms with Crippen LogP contribution in [0.2, 0.25) is 0 Å². The highest BCUT2D eigenvalue weighted by Gasteiger charge is 2.23. The van der Waals surface area contributed by atoms with Gasteiger partial charge in [-0.1, -0.05) is 75.4 Å². The minimum Gasteiger partial charge on any atom is -0.480 e. The van der Waals surface area contributed by atoms with Crippen molar-refractivity contribution in [3.05, 3.63) is 48.6 Å². The smallest absolute Gasteiger partial charge is 0.326 e. The quantitative estimate of drug-likeness (QED) is 0.450. The maximum atomic E-state index is 12.4. The molecule has 1 amide bonds. The fourth-order valence-electron chi connectivity index (χ4n) is 2.65. The van der Waals surface area contributed by atoms with Gasteiger partial charge in [-0.2, -0.15) is 0 Å². The van der Waals surface area contributed by atoms with E-state index >= 15 is 0 Å². The van der Waals surface area contributed by atoms with E-state index < -0.39 is 12.0 Å². The standard InChI is InChI=1S/C20H29NO3/c1-3-5-6-7-11-14-17(4-2)19(22)21-18(20(23)24)15-16-12-9-8-10-13-16/h4,8-10,12-13,17-18H,2-3,5-7,11,14-15H2,1H3,(H,21,22)(H,23,24). The number of carboxylic acids is 1. The molecule has 2 unspecified atom stereocenters. The second-order valence-electron chi connectivity index (χ2n) is 6.13. The van der Waals surface area contributed by atoms with Crippen molar-refractivity contribution in [3.8, 4) is 0 Å². The Balaban J connectivity index is 2.53. The van der Waals surface area contributed by atoms with Crippen LogP contribution in [0, 0.1) is 5.92 Å². The molecule has 1 rings (SSSR count). The van der Waals surface area contributed by atoms with Crippen LogP contribution in [0.1, 0.15) is 51.0 Å². The molecular weight excluding hydrogens is 302 g/mol. The molecule has 0 saturated carbocycles. The van der Waals surface area contributed by atoms with Crippen molar-refractivity contribution in [2.75, 3.05) is 0 Å². The van der Waals surface area contributed by atoms with Crippen LogP contribution in [0.15, 0.2) is 43.0 Å². The number of aliphatic carboxylic acids is 1. The average Bonchev–Trinajstić information content (AvgIpc) is 2.58. The summed E-state index contributed by atoms with van der Waals surface area (Å²) in [7, 11) is 0. The Morgan fingerprint density at radius 1 is 1.17 bits per heavy atom. The summed E-state index contributed by atoms with van der Waals surface area (Å²) in [4.78, 5) is 23.8. The Bertz CT molecular complexity index is 513. The largest absolute Gasteiger partial charge is 0.480 e. The van der Waals surface area contributed by atoms with Crippen molar-refractivity contribution in [3.63, 3.8) is 0 Å². The van der Waals surface area contributed by atoms with Gasteiger partial charge in [0.15, 0.2) is 0 Å². The van der Waals surface area contributed by atoms with Crippen LogP contribution in [0.4, 0.5) is 0 Å². The number of nitrogens with one attached hydrogen (secondary N) is 1. The van der Waals surface area contributed by atoms with Crippen molar-refractivity contribution in [1.29, 1.82) is 0 Å². The number of rotatable bonds is 12. The SMILES string of the molecule is C=CC(CCCCCCC)C(=O)NC(Cc1ccccc1)C(=O)O. The lowest BCUT2D eigenvalue weighted by atomic mass is 9.98. The fraction of sp³-hybridized carbons (Fsp3) is 0.500. The molecule has 0 bridgehead atoms. The number of benzene rings is 1. The first kappa shape index (κ1) is 19.9. The van der Waals surface area contributed by atoms with Crippen LogP contribution in [-0.2, 0) is 16.0 Å². The highest BCUT2D eigenvalue weighted by molar-refractivity contribution is 5.86. The monoisotopic (exact) mass is 331 g/mol. The number of carbonyl (C=O) groups is 2. The van der Waals surface area contributed by atoms with Gasteiger partial charge >= 0.3 is 5.97 Å². The van der Waals surface area contributed by atoms with Crippen molar-refractivity contribution >= 4 is 11.9 Å². The lowest BCUT2D eigenvalue weighted by Gasteiger charge is -2.18. The van der Waals surface area contributed by atoms with Crippen LogP contribution >= 0.6 is 0 Å². The van der Waals surface area contributed by atoms with E-state index in [-0.39, 0.29) is 18.2 Å². The minimum absolute atomic E-state index is 0.246. The summed E-state index contributed by atoms with van der Waals surface area (Å²) in [6, 6.07) is 8.41. The predicted octanol–water partition coefficient (Wildman–Crippen LogP) is 3.96. The number of hydrogen-bond acceptors (Lipinski definition) is 2. The molecule has 2 N–H and O–H groups in total. The van der Waals surface area contributed by atoms with Crippen LogP contribution in [0.5, 0.6) is 0 Å². The lowest BCUT2D eigenvalue weighted by Crippen LogP contribution is -2.44. The second-order valence-corrected chi connectivity index (χ2v) is 6.13. The third kappa shape index (κ3) is 7.44. The predicted molar refractivity (Wildman–Crippen MR) is 96.8 cm³/mol. The molecule has 0 aromatic heterocycles. The van der Waals surface area contributed by atoms with Crippen molar-refractivity contribution in [2.24, 2.45) is 5.92 Å². The Hall–Kier alpha value is -2.10. The highest BCUT2D eigenvalue weighted by atomic mass is 16.4. The van der Waals surface area contributed by atoms with E-state index in [1.807, 2.05) is 30.3 Å². The fourth-order valence-corrected chi connectivity index (χ4v) is 2.65. The van der Waals surface area contributed by atoms with Gasteiger partial charge in [0.25, 0.3) is 0 Å². The molecule has 132 valence electrons. The zero-order valence-corrected chi connectivity index (χ0v) is 14.5. The number of amides is 1. The van der Waals surface area contributed by atoms with Crippen LogP contribution in [0.25, 0.3) is 0 Å². The Kier molecular flexibility index (Phi) is 9.51. The van der Waals surface area contributed by atoms with Crippen molar-refractivity contribution in [1.82, 2.24) is 5.32 Å². The van der Waals surface area contributed by atoms with E-state index in [0.717, 1.165) is 24.8 Å². The third-order valence-electron chi connectivity index (χ3n) is 4.14. The van der Waals surface area contributed by atoms with Crippen molar-refractivity contribution in [2.45, 2.75) is 57.9 Å². The van der Waals surface area contributed by atoms with Crippen molar-refractivity contribution < 1.29 is 14.7 Å². The van der Waals surface area contributed by atoms with Crippen LogP contribution in [-0.4, -0.2) is 23.0 Å². The lowest BCUT2D eigenvalue weighted by molar-refractivity contribution is -0.142. The van der Waals surface area contributed by atoms with Crippen LogP contribution < -0.4 is 5.32 Å². The van der Waals surface area contributed by atoms with Gasteiger partial charge < -0.3 is 10.4 Å². The topological polar surface area (TPSA) is 66.4 Å².